The molecule has 0 saturated heterocycles. The molecule has 2 amide bonds. The molecule has 3 atom stereocenters. The van der Waals surface area contributed by atoms with Crippen LogP contribution in [0.2, 0.25) is 0 Å². The normalized spacial score (nSPS) is 22.1. The van der Waals surface area contributed by atoms with Gasteiger partial charge in [0.1, 0.15) is 5.75 Å². The van der Waals surface area contributed by atoms with Crippen molar-refractivity contribution in [1.82, 2.24) is 10.6 Å². The summed E-state index contributed by atoms with van der Waals surface area (Å²) in [6.07, 6.45) is 3.36. The summed E-state index contributed by atoms with van der Waals surface area (Å²) in [5.74, 6) is 1.02. The predicted molar refractivity (Wildman–Crippen MR) is 86.0 cm³/mol. The van der Waals surface area contributed by atoms with Crippen molar-refractivity contribution in [2.75, 3.05) is 13.7 Å². The topological polar surface area (TPSA) is 70.6 Å². The van der Waals surface area contributed by atoms with Gasteiger partial charge in [-0.2, -0.15) is 0 Å². The number of hydrogen-bond acceptors (Lipinski definition) is 3. The molecule has 5 nitrogen and oxygen atoms in total. The second kappa shape index (κ2) is 8.03. The van der Waals surface area contributed by atoms with Gasteiger partial charge in [-0.1, -0.05) is 18.6 Å². The number of ether oxygens (including phenoxy) is 1. The zero-order chi connectivity index (χ0) is 15.9. The van der Waals surface area contributed by atoms with Gasteiger partial charge < -0.3 is 20.5 Å². The molecular formula is C17H26N2O3. The standard InChI is InChI=1S/C17H26N2O3/c1-12(9-13-5-3-7-15(10-13)22-2)19-17(21)18-11-14-6-4-8-16(14)20/h3,5,7,10,12,14,16,20H,4,6,8-9,11H2,1-2H3,(H2,18,19,21)/t12-,14-,16+/m0/s1. The molecule has 3 N–H and O–H groups in total. The lowest BCUT2D eigenvalue weighted by Crippen LogP contribution is -2.44. The van der Waals surface area contributed by atoms with Crippen molar-refractivity contribution in [3.05, 3.63) is 29.8 Å². The third-order valence-corrected chi connectivity index (χ3v) is 4.20. The number of urea groups is 1. The average Bonchev–Trinajstić information content (AvgIpc) is 2.90. The van der Waals surface area contributed by atoms with Crippen LogP contribution in [0.25, 0.3) is 0 Å². The van der Waals surface area contributed by atoms with Gasteiger partial charge in [0.25, 0.3) is 0 Å². The van der Waals surface area contributed by atoms with Crippen molar-refractivity contribution in [1.29, 1.82) is 0 Å². The second-order valence-electron chi connectivity index (χ2n) is 6.07. The van der Waals surface area contributed by atoms with E-state index < -0.39 is 0 Å². The number of hydrogen-bond donors (Lipinski definition) is 3. The number of aliphatic hydroxyl groups is 1. The van der Waals surface area contributed by atoms with E-state index in [2.05, 4.69) is 10.6 Å². The van der Waals surface area contributed by atoms with Gasteiger partial charge in [0.15, 0.2) is 0 Å². The molecule has 0 spiro atoms. The fraction of sp³-hybridized carbons (Fsp3) is 0.588. The van der Waals surface area contributed by atoms with E-state index in [1.54, 1.807) is 7.11 Å². The van der Waals surface area contributed by atoms with Crippen molar-refractivity contribution in [2.45, 2.75) is 44.8 Å². The molecule has 1 fully saturated rings. The lowest BCUT2D eigenvalue weighted by atomic mass is 10.1. The van der Waals surface area contributed by atoms with Crippen molar-refractivity contribution in [2.24, 2.45) is 5.92 Å². The van der Waals surface area contributed by atoms with E-state index in [1.165, 1.54) is 0 Å². The molecule has 1 saturated carbocycles. The Balaban J connectivity index is 1.73. The summed E-state index contributed by atoms with van der Waals surface area (Å²) in [5, 5.41) is 15.5. The van der Waals surface area contributed by atoms with Crippen LogP contribution >= 0.6 is 0 Å². The van der Waals surface area contributed by atoms with Crippen molar-refractivity contribution >= 4 is 6.03 Å². The maximum Gasteiger partial charge on any atom is 0.315 e. The van der Waals surface area contributed by atoms with Gasteiger partial charge in [0.2, 0.25) is 0 Å². The maximum atomic E-state index is 11.9. The quantitative estimate of drug-likeness (QED) is 0.753. The molecule has 1 aliphatic rings. The van der Waals surface area contributed by atoms with E-state index in [4.69, 9.17) is 4.74 Å². The zero-order valence-corrected chi connectivity index (χ0v) is 13.3. The summed E-state index contributed by atoms with van der Waals surface area (Å²) in [4.78, 5) is 11.9. The van der Waals surface area contributed by atoms with Crippen LogP contribution in [0.5, 0.6) is 5.75 Å². The Kier molecular flexibility index (Phi) is 6.07. The minimum absolute atomic E-state index is 0.0283. The van der Waals surface area contributed by atoms with Crippen LogP contribution < -0.4 is 15.4 Å². The molecule has 0 aromatic heterocycles. The molecule has 22 heavy (non-hydrogen) atoms. The summed E-state index contributed by atoms with van der Waals surface area (Å²) in [5.41, 5.74) is 1.12. The first-order valence-electron chi connectivity index (χ1n) is 7.94. The highest BCUT2D eigenvalue weighted by Gasteiger charge is 2.25. The van der Waals surface area contributed by atoms with E-state index >= 15 is 0 Å². The van der Waals surface area contributed by atoms with Gasteiger partial charge in [-0.25, -0.2) is 4.79 Å². The summed E-state index contributed by atoms with van der Waals surface area (Å²) in [7, 11) is 1.64. The Morgan fingerprint density at radius 1 is 1.45 bits per heavy atom. The highest BCUT2D eigenvalue weighted by Crippen LogP contribution is 2.24. The molecule has 2 rings (SSSR count). The van der Waals surface area contributed by atoms with Crippen LogP contribution in [0.15, 0.2) is 24.3 Å². The fourth-order valence-electron chi connectivity index (χ4n) is 2.96. The second-order valence-corrected chi connectivity index (χ2v) is 6.07. The van der Waals surface area contributed by atoms with Crippen LogP contribution in [0, 0.1) is 5.92 Å². The van der Waals surface area contributed by atoms with E-state index in [9.17, 15) is 9.90 Å². The summed E-state index contributed by atoms with van der Waals surface area (Å²) in [6, 6.07) is 7.71. The lowest BCUT2D eigenvalue weighted by Gasteiger charge is -2.18. The van der Waals surface area contributed by atoms with Crippen LogP contribution in [-0.2, 0) is 6.42 Å². The summed E-state index contributed by atoms with van der Waals surface area (Å²) in [6.45, 7) is 2.52. The molecule has 0 aliphatic heterocycles. The Hall–Kier alpha value is -1.75. The first-order valence-corrected chi connectivity index (χ1v) is 7.94. The van der Waals surface area contributed by atoms with Crippen LogP contribution in [0.4, 0.5) is 4.79 Å². The molecule has 5 heteroatoms. The average molecular weight is 306 g/mol. The van der Waals surface area contributed by atoms with E-state index in [-0.39, 0.29) is 24.1 Å². The Morgan fingerprint density at radius 3 is 2.95 bits per heavy atom. The van der Waals surface area contributed by atoms with Crippen LogP contribution in [-0.4, -0.2) is 36.9 Å². The Labute approximate surface area is 132 Å². The lowest BCUT2D eigenvalue weighted by molar-refractivity contribution is 0.132. The van der Waals surface area contributed by atoms with Crippen molar-refractivity contribution in [3.63, 3.8) is 0 Å². The number of carbonyl (C=O) groups excluding carboxylic acids is 1. The molecule has 0 radical (unpaired) electrons. The number of nitrogens with one attached hydrogen (secondary N) is 2. The Bertz CT molecular complexity index is 493. The summed E-state index contributed by atoms with van der Waals surface area (Å²) < 4.78 is 5.20. The van der Waals surface area contributed by atoms with Crippen LogP contribution in [0.1, 0.15) is 31.7 Å². The SMILES string of the molecule is COc1cccc(C[C@H](C)NC(=O)NC[C@@H]2CCC[C@H]2O)c1. The fourth-order valence-corrected chi connectivity index (χ4v) is 2.96. The molecule has 1 aliphatic carbocycles. The smallest absolute Gasteiger partial charge is 0.315 e. The first-order chi connectivity index (χ1) is 10.6. The highest BCUT2D eigenvalue weighted by atomic mass is 16.5. The third-order valence-electron chi connectivity index (χ3n) is 4.20. The van der Waals surface area contributed by atoms with Gasteiger partial charge in [0.05, 0.1) is 13.2 Å². The molecule has 122 valence electrons. The minimum Gasteiger partial charge on any atom is -0.497 e. The van der Waals surface area contributed by atoms with Gasteiger partial charge in [-0.05, 0) is 43.9 Å². The molecule has 0 heterocycles. The largest absolute Gasteiger partial charge is 0.497 e. The summed E-state index contributed by atoms with van der Waals surface area (Å²) >= 11 is 0. The molecular weight excluding hydrogens is 280 g/mol. The predicted octanol–water partition coefficient (Wildman–Crippen LogP) is 2.09. The number of aliphatic hydroxyl groups excluding tert-OH is 1. The van der Waals surface area contributed by atoms with Gasteiger partial charge >= 0.3 is 6.03 Å². The minimum atomic E-state index is -0.269. The van der Waals surface area contributed by atoms with Crippen LogP contribution in [0.3, 0.4) is 0 Å². The monoisotopic (exact) mass is 306 g/mol. The van der Waals surface area contributed by atoms with Gasteiger partial charge in [0, 0.05) is 18.5 Å². The zero-order valence-electron chi connectivity index (χ0n) is 13.3. The first kappa shape index (κ1) is 16.6. The van der Waals surface area contributed by atoms with E-state index in [0.29, 0.717) is 6.54 Å². The number of rotatable bonds is 6. The molecule has 0 bridgehead atoms. The molecule has 1 aromatic rings. The highest BCUT2D eigenvalue weighted by molar-refractivity contribution is 5.74. The van der Waals surface area contributed by atoms with E-state index in [1.807, 2.05) is 31.2 Å². The molecule has 1 aromatic carbocycles. The van der Waals surface area contributed by atoms with Crippen molar-refractivity contribution in [3.8, 4) is 5.75 Å². The Morgan fingerprint density at radius 2 is 2.27 bits per heavy atom. The van der Waals surface area contributed by atoms with Gasteiger partial charge in [-0.3, -0.25) is 0 Å². The third kappa shape index (κ3) is 4.91. The number of methoxy groups -OCH3 is 1. The number of amides is 2. The maximum absolute atomic E-state index is 11.9. The van der Waals surface area contributed by atoms with E-state index in [0.717, 1.165) is 37.0 Å². The number of benzene rings is 1. The van der Waals surface area contributed by atoms with Crippen molar-refractivity contribution < 1.29 is 14.6 Å². The van der Waals surface area contributed by atoms with Gasteiger partial charge in [-0.15, -0.1) is 0 Å². The number of carbonyl (C=O) groups is 1. The molecule has 0 unspecified atom stereocenters.